The summed E-state index contributed by atoms with van der Waals surface area (Å²) in [4.78, 5) is 25.2. The first kappa shape index (κ1) is 16.7. The Labute approximate surface area is 152 Å². The van der Waals surface area contributed by atoms with Crippen LogP contribution in [0.4, 0.5) is 0 Å². The van der Waals surface area contributed by atoms with Crippen molar-refractivity contribution in [2.75, 3.05) is 20.2 Å². The van der Waals surface area contributed by atoms with Gasteiger partial charge in [0.25, 0.3) is 0 Å². The third kappa shape index (κ3) is 3.46. The number of amides is 1. The molecule has 1 aliphatic carbocycles. The van der Waals surface area contributed by atoms with Gasteiger partial charge < -0.3 is 9.64 Å². The van der Waals surface area contributed by atoms with Crippen LogP contribution in [0.25, 0.3) is 10.6 Å². The molecule has 0 spiro atoms. The molecule has 1 unspecified atom stereocenters. The maximum atomic E-state index is 12.9. The van der Waals surface area contributed by atoms with Gasteiger partial charge in [0.15, 0.2) is 0 Å². The lowest BCUT2D eigenvalue weighted by molar-refractivity contribution is -0.138. The van der Waals surface area contributed by atoms with Crippen molar-refractivity contribution in [3.05, 3.63) is 35.1 Å². The summed E-state index contributed by atoms with van der Waals surface area (Å²) in [7, 11) is 1.76. The predicted octanol–water partition coefficient (Wildman–Crippen LogP) is 2.95. The first-order valence-electron chi connectivity index (χ1n) is 8.95. The highest BCUT2D eigenvalue weighted by atomic mass is 32.1. The number of hydrogen-bond donors (Lipinski definition) is 0. The Morgan fingerprint density at radius 3 is 2.72 bits per heavy atom. The molecule has 0 radical (unpaired) electrons. The van der Waals surface area contributed by atoms with E-state index in [2.05, 4.69) is 4.98 Å². The van der Waals surface area contributed by atoms with Crippen LogP contribution in [-0.2, 0) is 22.4 Å². The van der Waals surface area contributed by atoms with Crippen LogP contribution in [-0.4, -0.2) is 47.1 Å². The average molecular weight is 357 g/mol. The molecule has 1 aliphatic heterocycles. The quantitative estimate of drug-likeness (QED) is 0.847. The van der Waals surface area contributed by atoms with Crippen LogP contribution < -0.4 is 0 Å². The van der Waals surface area contributed by atoms with Gasteiger partial charge in [-0.25, -0.2) is 4.98 Å². The van der Waals surface area contributed by atoms with Crippen molar-refractivity contribution in [3.63, 3.8) is 0 Å². The molecule has 1 saturated heterocycles. The average Bonchev–Trinajstić information content (AvgIpc) is 3.11. The predicted molar refractivity (Wildman–Crippen MR) is 97.5 cm³/mol. The van der Waals surface area contributed by atoms with Crippen LogP contribution in [0.5, 0.6) is 0 Å². The van der Waals surface area contributed by atoms with Crippen LogP contribution in [0.15, 0.2) is 24.5 Å². The third-order valence-corrected chi connectivity index (χ3v) is 6.51. The second kappa shape index (κ2) is 7.22. The van der Waals surface area contributed by atoms with E-state index in [0.29, 0.717) is 12.0 Å². The molecule has 2 aromatic rings. The molecule has 1 fully saturated rings. The van der Waals surface area contributed by atoms with Gasteiger partial charge in [-0.05, 0) is 37.8 Å². The molecule has 1 amide bonds. The number of pyridine rings is 1. The molecule has 0 saturated carbocycles. The monoisotopic (exact) mass is 357 g/mol. The van der Waals surface area contributed by atoms with E-state index in [0.717, 1.165) is 61.5 Å². The Morgan fingerprint density at radius 1 is 1.24 bits per heavy atom. The van der Waals surface area contributed by atoms with Gasteiger partial charge in [0, 0.05) is 55.4 Å². The number of thiazole rings is 1. The molecule has 0 bridgehead atoms. The number of fused-ring (bicyclic) bond motifs is 1. The first-order valence-corrected chi connectivity index (χ1v) is 9.77. The minimum atomic E-state index is 0.0824. The molecule has 5 nitrogen and oxygen atoms in total. The fourth-order valence-electron chi connectivity index (χ4n) is 3.78. The lowest BCUT2D eigenvalue weighted by Gasteiger charge is -2.34. The molecular formula is C19H23N3O2S. The van der Waals surface area contributed by atoms with E-state index in [1.807, 2.05) is 17.0 Å². The smallest absolute Gasteiger partial charge is 0.226 e. The minimum absolute atomic E-state index is 0.0824. The summed E-state index contributed by atoms with van der Waals surface area (Å²) in [5.41, 5.74) is 2.23. The Balaban J connectivity index is 1.44. The molecule has 132 valence electrons. The van der Waals surface area contributed by atoms with Gasteiger partial charge >= 0.3 is 0 Å². The zero-order valence-electron chi connectivity index (χ0n) is 14.5. The molecule has 0 N–H and O–H groups in total. The number of hydrogen-bond acceptors (Lipinski definition) is 5. The van der Waals surface area contributed by atoms with Gasteiger partial charge in [0.1, 0.15) is 5.01 Å². The largest absolute Gasteiger partial charge is 0.381 e. The Kier molecular flexibility index (Phi) is 4.81. The van der Waals surface area contributed by atoms with Crippen molar-refractivity contribution in [3.8, 4) is 10.6 Å². The number of likely N-dealkylation sites (tertiary alicyclic amines) is 1. The molecule has 2 aromatic heterocycles. The summed E-state index contributed by atoms with van der Waals surface area (Å²) in [6.45, 7) is 1.64. The highest BCUT2D eigenvalue weighted by Gasteiger charge is 2.32. The Bertz CT molecular complexity index is 738. The summed E-state index contributed by atoms with van der Waals surface area (Å²) >= 11 is 1.76. The van der Waals surface area contributed by atoms with Crippen molar-refractivity contribution in [1.29, 1.82) is 0 Å². The lowest BCUT2D eigenvalue weighted by atomic mass is 9.89. The van der Waals surface area contributed by atoms with E-state index in [4.69, 9.17) is 9.72 Å². The van der Waals surface area contributed by atoms with Crippen molar-refractivity contribution in [1.82, 2.24) is 14.9 Å². The minimum Gasteiger partial charge on any atom is -0.381 e. The van der Waals surface area contributed by atoms with Crippen LogP contribution in [0.2, 0.25) is 0 Å². The number of rotatable bonds is 3. The van der Waals surface area contributed by atoms with Crippen LogP contribution in [0.3, 0.4) is 0 Å². The zero-order chi connectivity index (χ0) is 17.2. The van der Waals surface area contributed by atoms with E-state index in [-0.39, 0.29) is 5.92 Å². The van der Waals surface area contributed by atoms with E-state index >= 15 is 0 Å². The van der Waals surface area contributed by atoms with E-state index in [9.17, 15) is 4.79 Å². The summed E-state index contributed by atoms with van der Waals surface area (Å²) in [6.07, 6.45) is 8.48. The Hall–Kier alpha value is -1.79. The fourth-order valence-corrected chi connectivity index (χ4v) is 4.89. The summed E-state index contributed by atoms with van der Waals surface area (Å²) in [5.74, 6) is 0.387. The van der Waals surface area contributed by atoms with E-state index in [1.165, 1.54) is 4.88 Å². The molecular weight excluding hydrogens is 334 g/mol. The van der Waals surface area contributed by atoms with Crippen LogP contribution in [0, 0.1) is 5.92 Å². The zero-order valence-corrected chi connectivity index (χ0v) is 15.3. The number of ether oxygens (including phenoxy) is 1. The fraction of sp³-hybridized carbons (Fsp3) is 0.526. The van der Waals surface area contributed by atoms with Crippen molar-refractivity contribution in [2.24, 2.45) is 5.92 Å². The number of aromatic nitrogens is 2. The molecule has 4 rings (SSSR count). The highest BCUT2D eigenvalue weighted by molar-refractivity contribution is 7.15. The number of aryl methyl sites for hydroxylation is 1. The maximum Gasteiger partial charge on any atom is 0.226 e. The number of piperidine rings is 1. The Morgan fingerprint density at radius 2 is 2.00 bits per heavy atom. The highest BCUT2D eigenvalue weighted by Crippen LogP contribution is 2.35. The van der Waals surface area contributed by atoms with Gasteiger partial charge in [0.05, 0.1) is 11.8 Å². The number of carbonyl (C=O) groups excluding carboxylic acids is 1. The van der Waals surface area contributed by atoms with Gasteiger partial charge in [-0.3, -0.25) is 9.78 Å². The molecule has 3 heterocycles. The standard InChI is InChI=1S/C19H23N3O2S/c1-24-15-6-10-22(11-7-15)19(23)14-2-3-17-16(12-14)21-18(25-17)13-4-8-20-9-5-13/h4-5,8-9,14-15H,2-3,6-7,10-12H2,1H3. The molecule has 0 aromatic carbocycles. The molecule has 1 atom stereocenters. The van der Waals surface area contributed by atoms with Gasteiger partial charge in [0.2, 0.25) is 5.91 Å². The normalized spacial score (nSPS) is 21.2. The van der Waals surface area contributed by atoms with E-state index in [1.54, 1.807) is 30.8 Å². The lowest BCUT2D eigenvalue weighted by Crippen LogP contribution is -2.44. The van der Waals surface area contributed by atoms with Crippen molar-refractivity contribution in [2.45, 2.75) is 38.2 Å². The summed E-state index contributed by atoms with van der Waals surface area (Å²) < 4.78 is 5.40. The second-order valence-corrected chi connectivity index (χ2v) is 7.91. The first-order chi connectivity index (χ1) is 12.2. The van der Waals surface area contributed by atoms with E-state index < -0.39 is 0 Å². The SMILES string of the molecule is COC1CCN(C(=O)C2CCc3sc(-c4ccncc4)nc3C2)CC1. The van der Waals surface area contributed by atoms with Gasteiger partial charge in [-0.2, -0.15) is 0 Å². The molecule has 6 heteroatoms. The summed E-state index contributed by atoms with van der Waals surface area (Å²) in [5, 5.41) is 1.04. The van der Waals surface area contributed by atoms with Crippen LogP contribution in [0.1, 0.15) is 29.8 Å². The number of carbonyl (C=O) groups is 1. The topological polar surface area (TPSA) is 55.3 Å². The van der Waals surface area contributed by atoms with Gasteiger partial charge in [-0.15, -0.1) is 11.3 Å². The van der Waals surface area contributed by atoms with Gasteiger partial charge in [-0.1, -0.05) is 0 Å². The van der Waals surface area contributed by atoms with Crippen molar-refractivity contribution < 1.29 is 9.53 Å². The summed E-state index contributed by atoms with van der Waals surface area (Å²) in [6, 6.07) is 3.99. The number of methoxy groups -OCH3 is 1. The second-order valence-electron chi connectivity index (χ2n) is 6.82. The maximum absolute atomic E-state index is 12.9. The number of nitrogens with zero attached hydrogens (tertiary/aromatic N) is 3. The van der Waals surface area contributed by atoms with Crippen LogP contribution >= 0.6 is 11.3 Å². The van der Waals surface area contributed by atoms with Crippen molar-refractivity contribution >= 4 is 17.2 Å². The molecule has 2 aliphatic rings. The molecule has 25 heavy (non-hydrogen) atoms. The third-order valence-electron chi connectivity index (χ3n) is 5.30.